The summed E-state index contributed by atoms with van der Waals surface area (Å²) in [6.07, 6.45) is 9.32. The Morgan fingerprint density at radius 3 is 2.86 bits per heavy atom. The minimum atomic E-state index is 0.148. The van der Waals surface area contributed by atoms with Crippen LogP contribution in [-0.2, 0) is 18.4 Å². The zero-order chi connectivity index (χ0) is 14.9. The number of nitrogens with zero attached hydrogens (tertiary/aromatic N) is 4. The maximum Gasteiger partial charge on any atom is 0.223 e. The van der Waals surface area contributed by atoms with Crippen LogP contribution in [0.15, 0.2) is 12.4 Å². The van der Waals surface area contributed by atoms with E-state index in [1.54, 1.807) is 0 Å². The Kier molecular flexibility index (Phi) is 4.02. The Labute approximate surface area is 126 Å². The number of aromatic nitrogens is 2. The van der Waals surface area contributed by atoms with Crippen LogP contribution in [0.2, 0.25) is 0 Å². The van der Waals surface area contributed by atoms with Gasteiger partial charge in [-0.2, -0.15) is 5.10 Å². The molecule has 1 aromatic heterocycles. The van der Waals surface area contributed by atoms with Crippen molar-refractivity contribution < 1.29 is 4.79 Å². The number of likely N-dealkylation sites (tertiary alicyclic amines) is 2. The fraction of sp³-hybridized carbons (Fsp3) is 0.750. The van der Waals surface area contributed by atoms with E-state index in [1.807, 2.05) is 17.9 Å². The van der Waals surface area contributed by atoms with Gasteiger partial charge in [0.05, 0.1) is 6.20 Å². The lowest BCUT2D eigenvalue weighted by atomic mass is 9.88. The quantitative estimate of drug-likeness (QED) is 0.852. The molecule has 0 unspecified atom stereocenters. The first-order valence-electron chi connectivity index (χ1n) is 8.13. The summed E-state index contributed by atoms with van der Waals surface area (Å²) >= 11 is 0. The van der Waals surface area contributed by atoms with Gasteiger partial charge in [-0.3, -0.25) is 14.4 Å². The van der Waals surface area contributed by atoms with Crippen molar-refractivity contribution in [1.82, 2.24) is 19.6 Å². The van der Waals surface area contributed by atoms with Crippen LogP contribution in [0.5, 0.6) is 0 Å². The number of hydrogen-bond acceptors (Lipinski definition) is 3. The van der Waals surface area contributed by atoms with Crippen LogP contribution in [0.25, 0.3) is 0 Å². The van der Waals surface area contributed by atoms with Crippen LogP contribution in [0.3, 0.4) is 0 Å². The largest absolute Gasteiger partial charge is 0.337 e. The molecule has 116 valence electrons. The molecule has 1 aromatic rings. The Morgan fingerprint density at radius 1 is 1.29 bits per heavy atom. The molecule has 5 nitrogen and oxygen atoms in total. The van der Waals surface area contributed by atoms with Crippen LogP contribution in [0.1, 0.15) is 44.6 Å². The third kappa shape index (κ3) is 2.84. The molecule has 1 atom stereocenters. The van der Waals surface area contributed by atoms with Gasteiger partial charge in [0.15, 0.2) is 0 Å². The van der Waals surface area contributed by atoms with Crippen LogP contribution >= 0.6 is 0 Å². The van der Waals surface area contributed by atoms with Crippen molar-refractivity contribution in [2.75, 3.05) is 19.6 Å². The number of amides is 1. The lowest BCUT2D eigenvalue weighted by Crippen LogP contribution is -2.46. The van der Waals surface area contributed by atoms with Crippen molar-refractivity contribution in [1.29, 1.82) is 0 Å². The minimum absolute atomic E-state index is 0.148. The van der Waals surface area contributed by atoms with Gasteiger partial charge < -0.3 is 4.90 Å². The fourth-order valence-corrected chi connectivity index (χ4v) is 4.11. The summed E-state index contributed by atoms with van der Waals surface area (Å²) in [6.45, 7) is 6.16. The molecule has 2 fully saturated rings. The van der Waals surface area contributed by atoms with Gasteiger partial charge in [0.1, 0.15) is 0 Å². The number of carbonyl (C=O) groups is 1. The second kappa shape index (κ2) is 5.79. The van der Waals surface area contributed by atoms with Crippen molar-refractivity contribution in [2.24, 2.45) is 7.05 Å². The van der Waals surface area contributed by atoms with Gasteiger partial charge >= 0.3 is 0 Å². The standard InChI is InChI=1S/C16H26N4O/c1-3-20-15(21)5-7-16(20)6-4-9-19(10-8-16)13-14-11-17-18(2)12-14/h11-12H,3-10,13H2,1-2H3/t16-/m0/s1. The zero-order valence-electron chi connectivity index (χ0n) is 13.2. The maximum atomic E-state index is 12.1. The minimum Gasteiger partial charge on any atom is -0.337 e. The summed E-state index contributed by atoms with van der Waals surface area (Å²) in [4.78, 5) is 16.7. The molecule has 0 bridgehead atoms. The van der Waals surface area contributed by atoms with Crippen LogP contribution in [0.4, 0.5) is 0 Å². The molecule has 0 saturated carbocycles. The van der Waals surface area contributed by atoms with E-state index in [0.717, 1.165) is 51.9 Å². The summed E-state index contributed by atoms with van der Waals surface area (Å²) in [5.74, 6) is 0.359. The lowest BCUT2D eigenvalue weighted by molar-refractivity contribution is -0.131. The van der Waals surface area contributed by atoms with Crippen molar-refractivity contribution in [3.8, 4) is 0 Å². The molecule has 0 aliphatic carbocycles. The Hall–Kier alpha value is -1.36. The van der Waals surface area contributed by atoms with E-state index in [-0.39, 0.29) is 5.54 Å². The van der Waals surface area contributed by atoms with E-state index in [1.165, 1.54) is 12.0 Å². The predicted octanol–water partition coefficient (Wildman–Crippen LogP) is 1.79. The molecular weight excluding hydrogens is 264 g/mol. The molecule has 0 N–H and O–H groups in total. The van der Waals surface area contributed by atoms with Gasteiger partial charge in [-0.05, 0) is 39.2 Å². The Balaban J connectivity index is 1.65. The SMILES string of the molecule is CCN1C(=O)CC[C@]12CCCN(Cc1cnn(C)c1)CC2. The maximum absolute atomic E-state index is 12.1. The van der Waals surface area contributed by atoms with E-state index in [9.17, 15) is 4.79 Å². The predicted molar refractivity (Wildman–Crippen MR) is 81.7 cm³/mol. The number of rotatable bonds is 3. The summed E-state index contributed by atoms with van der Waals surface area (Å²) in [7, 11) is 1.96. The molecule has 5 heteroatoms. The highest BCUT2D eigenvalue weighted by Crippen LogP contribution is 2.38. The Bertz CT molecular complexity index is 512. The number of carbonyl (C=O) groups excluding carboxylic acids is 1. The van der Waals surface area contributed by atoms with Crippen molar-refractivity contribution in [3.05, 3.63) is 18.0 Å². The first-order chi connectivity index (χ1) is 10.1. The topological polar surface area (TPSA) is 41.4 Å². The van der Waals surface area contributed by atoms with Gasteiger partial charge in [0.25, 0.3) is 0 Å². The van der Waals surface area contributed by atoms with Crippen molar-refractivity contribution >= 4 is 5.91 Å². The highest BCUT2D eigenvalue weighted by Gasteiger charge is 2.44. The highest BCUT2D eigenvalue weighted by atomic mass is 16.2. The second-order valence-electron chi connectivity index (χ2n) is 6.51. The van der Waals surface area contributed by atoms with Gasteiger partial charge in [-0.15, -0.1) is 0 Å². The van der Waals surface area contributed by atoms with Crippen molar-refractivity contribution in [2.45, 2.75) is 51.1 Å². The molecule has 2 aliphatic rings. The molecule has 21 heavy (non-hydrogen) atoms. The summed E-state index contributed by atoms with van der Waals surface area (Å²) < 4.78 is 1.86. The first-order valence-corrected chi connectivity index (χ1v) is 8.13. The fourth-order valence-electron chi connectivity index (χ4n) is 4.11. The normalized spacial score (nSPS) is 27.5. The molecule has 1 spiro atoms. The molecule has 3 rings (SSSR count). The Morgan fingerprint density at radius 2 is 2.14 bits per heavy atom. The molecular formula is C16H26N4O. The smallest absolute Gasteiger partial charge is 0.223 e. The van der Waals surface area contributed by atoms with Crippen LogP contribution < -0.4 is 0 Å². The van der Waals surface area contributed by atoms with Crippen LogP contribution in [0, 0.1) is 0 Å². The van der Waals surface area contributed by atoms with E-state index >= 15 is 0 Å². The number of aryl methyl sites for hydroxylation is 1. The van der Waals surface area contributed by atoms with E-state index in [4.69, 9.17) is 0 Å². The molecule has 0 radical (unpaired) electrons. The lowest BCUT2D eigenvalue weighted by Gasteiger charge is -2.37. The summed E-state index contributed by atoms with van der Waals surface area (Å²) in [6, 6.07) is 0. The van der Waals surface area contributed by atoms with E-state index < -0.39 is 0 Å². The van der Waals surface area contributed by atoms with E-state index in [0.29, 0.717) is 5.91 Å². The third-order valence-corrected chi connectivity index (χ3v) is 5.17. The summed E-state index contributed by atoms with van der Waals surface area (Å²) in [5.41, 5.74) is 1.43. The number of hydrogen-bond donors (Lipinski definition) is 0. The average molecular weight is 290 g/mol. The van der Waals surface area contributed by atoms with Crippen molar-refractivity contribution in [3.63, 3.8) is 0 Å². The van der Waals surface area contributed by atoms with E-state index in [2.05, 4.69) is 28.0 Å². The molecule has 1 amide bonds. The average Bonchev–Trinajstić information content (AvgIpc) is 2.92. The first kappa shape index (κ1) is 14.6. The van der Waals surface area contributed by atoms with Gasteiger partial charge in [-0.25, -0.2) is 0 Å². The monoisotopic (exact) mass is 290 g/mol. The van der Waals surface area contributed by atoms with Crippen LogP contribution in [-0.4, -0.2) is 50.7 Å². The second-order valence-corrected chi connectivity index (χ2v) is 6.51. The molecule has 3 heterocycles. The van der Waals surface area contributed by atoms with Gasteiger partial charge in [0, 0.05) is 50.4 Å². The van der Waals surface area contributed by atoms with Gasteiger partial charge in [0.2, 0.25) is 5.91 Å². The molecule has 0 aromatic carbocycles. The zero-order valence-corrected chi connectivity index (χ0v) is 13.2. The third-order valence-electron chi connectivity index (χ3n) is 5.17. The molecule has 2 aliphatic heterocycles. The van der Waals surface area contributed by atoms with Gasteiger partial charge in [-0.1, -0.05) is 0 Å². The molecule has 2 saturated heterocycles. The highest BCUT2D eigenvalue weighted by molar-refractivity contribution is 5.79. The summed E-state index contributed by atoms with van der Waals surface area (Å²) in [5, 5.41) is 4.25.